The van der Waals surface area contributed by atoms with E-state index < -0.39 is 17.9 Å². The van der Waals surface area contributed by atoms with Crippen molar-refractivity contribution in [2.75, 3.05) is 0 Å². The van der Waals surface area contributed by atoms with E-state index in [1.807, 2.05) is 0 Å². The van der Waals surface area contributed by atoms with Crippen LogP contribution in [-0.2, 0) is 17.9 Å². The van der Waals surface area contributed by atoms with Crippen molar-refractivity contribution in [3.8, 4) is 0 Å². The van der Waals surface area contributed by atoms with Crippen LogP contribution in [0.15, 0.2) is 0 Å². The molecule has 0 aliphatic rings. The van der Waals surface area contributed by atoms with Crippen molar-refractivity contribution in [3.05, 3.63) is 0 Å². The molecule has 0 aromatic rings. The van der Waals surface area contributed by atoms with Gasteiger partial charge in [0.25, 0.3) is 0 Å². The third kappa shape index (κ3) is 5.89. The molecular weight excluding hydrogens is 234 g/mol. The van der Waals surface area contributed by atoms with Gasteiger partial charge < -0.3 is 0 Å². The summed E-state index contributed by atoms with van der Waals surface area (Å²) in [6.07, 6.45) is 2.31. The van der Waals surface area contributed by atoms with E-state index in [9.17, 15) is 0 Å². The van der Waals surface area contributed by atoms with Crippen LogP contribution in [0.1, 0.15) is 26.7 Å². The summed E-state index contributed by atoms with van der Waals surface area (Å²) in [6, 6.07) is 0. The van der Waals surface area contributed by atoms with Crippen LogP contribution in [0.25, 0.3) is 0 Å². The summed E-state index contributed by atoms with van der Waals surface area (Å²) in [4.78, 5) is 0. The first-order valence-electron chi connectivity index (χ1n) is 3.50. The summed E-state index contributed by atoms with van der Waals surface area (Å²) < 4.78 is 2.23. The fraction of sp³-hybridized carbons (Fsp3) is 1.00. The molecule has 0 heterocycles. The van der Waals surface area contributed by atoms with Crippen LogP contribution in [0.3, 0.4) is 0 Å². The molecule has 0 aromatic heterocycles. The van der Waals surface area contributed by atoms with Crippen LogP contribution < -0.4 is 0 Å². The summed E-state index contributed by atoms with van der Waals surface area (Å²) in [7, 11) is 12.2. The molecule has 0 fully saturated rings. The van der Waals surface area contributed by atoms with Crippen LogP contribution in [0.4, 0.5) is 0 Å². The van der Waals surface area contributed by atoms with Gasteiger partial charge in [-0.3, -0.25) is 0 Å². The Morgan fingerprint density at radius 1 is 1.00 bits per heavy atom. The molecule has 0 radical (unpaired) electrons. The van der Waals surface area contributed by atoms with E-state index in [1.54, 1.807) is 0 Å². The second-order valence-corrected chi connectivity index (χ2v) is 18.7. The molecule has 0 aliphatic heterocycles. The molecule has 0 aromatic carbocycles. The molecule has 0 spiro atoms. The molecule has 9 heavy (non-hydrogen) atoms. The molecule has 0 N–H and O–H groups in total. The molecule has 3 heteroatoms. The predicted octanol–water partition coefficient (Wildman–Crippen LogP) is 4.10. The van der Waals surface area contributed by atoms with Crippen LogP contribution in [-0.4, -0.2) is 0 Å². The van der Waals surface area contributed by atoms with E-state index in [0.29, 0.717) is 0 Å². The number of hydrogen-bond donors (Lipinski definition) is 0. The van der Waals surface area contributed by atoms with Crippen molar-refractivity contribution < 1.29 is 17.9 Å². The van der Waals surface area contributed by atoms with E-state index >= 15 is 0 Å². The van der Waals surface area contributed by atoms with E-state index in [2.05, 4.69) is 13.8 Å². The van der Waals surface area contributed by atoms with Crippen molar-refractivity contribution >= 4 is 17.0 Å². The molecule has 0 amide bonds. The van der Waals surface area contributed by atoms with Gasteiger partial charge in [0.15, 0.2) is 0 Å². The third-order valence-electron chi connectivity index (χ3n) is 1.23. The quantitative estimate of drug-likeness (QED) is 0.702. The standard InChI is InChI=1S/2C3H7.2ClH.Zr/c2*1-3-2;;;/h2*1,3H2,2H3;2*1H;/q;;;;+2/p-2. The first-order chi connectivity index (χ1) is 4.12. The van der Waals surface area contributed by atoms with E-state index in [1.165, 1.54) is 0 Å². The van der Waals surface area contributed by atoms with Gasteiger partial charge in [-0.1, -0.05) is 0 Å². The Morgan fingerprint density at radius 3 is 1.56 bits per heavy atom. The summed E-state index contributed by atoms with van der Waals surface area (Å²) in [5.41, 5.74) is 0. The summed E-state index contributed by atoms with van der Waals surface area (Å²) >= 11 is -2.43. The zero-order valence-electron chi connectivity index (χ0n) is 6.08. The van der Waals surface area contributed by atoms with Crippen molar-refractivity contribution in [3.63, 3.8) is 0 Å². The SMILES string of the molecule is CC[CH2][Zr]([Cl])([Cl])[CH2]CC. The molecule has 0 aliphatic carbocycles. The Labute approximate surface area is 69.4 Å². The summed E-state index contributed by atoms with van der Waals surface area (Å²) in [6.45, 7) is 4.29. The maximum absolute atomic E-state index is 6.11. The minimum atomic E-state index is -2.43. The summed E-state index contributed by atoms with van der Waals surface area (Å²) in [5, 5.41) is 0. The average molecular weight is 248 g/mol. The van der Waals surface area contributed by atoms with Gasteiger partial charge in [-0.05, 0) is 0 Å². The van der Waals surface area contributed by atoms with E-state index in [-0.39, 0.29) is 0 Å². The Kier molecular flexibility index (Phi) is 6.00. The van der Waals surface area contributed by atoms with Crippen molar-refractivity contribution in [1.29, 1.82) is 0 Å². The minimum absolute atomic E-state index is 1.12. The summed E-state index contributed by atoms with van der Waals surface area (Å²) in [5.74, 6) is 0. The van der Waals surface area contributed by atoms with Gasteiger partial charge in [0.05, 0.1) is 0 Å². The van der Waals surface area contributed by atoms with Crippen molar-refractivity contribution in [2.24, 2.45) is 0 Å². The average Bonchev–Trinajstić information content (AvgIpc) is 1.64. The van der Waals surface area contributed by atoms with Gasteiger partial charge in [0, 0.05) is 0 Å². The normalized spacial score (nSPS) is 12.0. The monoisotopic (exact) mass is 246 g/mol. The first-order valence-corrected chi connectivity index (χ1v) is 13.3. The van der Waals surface area contributed by atoms with Gasteiger partial charge >= 0.3 is 69.9 Å². The Morgan fingerprint density at radius 2 is 1.33 bits per heavy atom. The fourth-order valence-corrected chi connectivity index (χ4v) is 9.54. The molecular formula is C6H14Cl2Zr. The molecule has 56 valence electrons. The van der Waals surface area contributed by atoms with Crippen LogP contribution in [0.5, 0.6) is 0 Å². The second kappa shape index (κ2) is 5.16. The molecule has 0 rings (SSSR count). The zero-order chi connectivity index (χ0) is 7.33. The maximum atomic E-state index is 6.11. The third-order valence-corrected chi connectivity index (χ3v) is 11.8. The Hall–Kier alpha value is 1.46. The van der Waals surface area contributed by atoms with Gasteiger partial charge in [0.1, 0.15) is 0 Å². The Balaban J connectivity index is 3.43. The topological polar surface area (TPSA) is 0 Å². The number of rotatable bonds is 4. The van der Waals surface area contributed by atoms with Crippen LogP contribution >= 0.6 is 17.0 Å². The number of hydrogen-bond acceptors (Lipinski definition) is 0. The molecule has 0 bridgehead atoms. The predicted molar refractivity (Wildman–Crippen MR) is 41.9 cm³/mol. The van der Waals surface area contributed by atoms with Crippen LogP contribution in [0, 0.1) is 0 Å². The fourth-order valence-electron chi connectivity index (χ4n) is 0.857. The molecule has 0 atom stereocenters. The Bertz CT molecular complexity index is 65.5. The first kappa shape index (κ1) is 10.5. The second-order valence-electron chi connectivity index (χ2n) is 2.36. The van der Waals surface area contributed by atoms with E-state index in [4.69, 9.17) is 17.0 Å². The molecule has 0 unspecified atom stereocenters. The van der Waals surface area contributed by atoms with Gasteiger partial charge in [-0.2, -0.15) is 0 Å². The molecule has 0 saturated carbocycles. The number of halogens is 2. The van der Waals surface area contributed by atoms with Crippen LogP contribution in [0.2, 0.25) is 8.26 Å². The van der Waals surface area contributed by atoms with Crippen molar-refractivity contribution in [1.82, 2.24) is 0 Å². The van der Waals surface area contributed by atoms with E-state index in [0.717, 1.165) is 21.1 Å². The van der Waals surface area contributed by atoms with Crippen molar-refractivity contribution in [2.45, 2.75) is 34.9 Å². The zero-order valence-corrected chi connectivity index (χ0v) is 10.1. The van der Waals surface area contributed by atoms with Gasteiger partial charge in [-0.25, -0.2) is 0 Å². The molecule has 0 saturated heterocycles. The van der Waals surface area contributed by atoms with Gasteiger partial charge in [-0.15, -0.1) is 0 Å². The molecule has 0 nitrogen and oxygen atoms in total. The van der Waals surface area contributed by atoms with Gasteiger partial charge in [0.2, 0.25) is 0 Å².